The van der Waals surface area contributed by atoms with Crippen LogP contribution in [0, 0.1) is 0 Å². The molecule has 0 N–H and O–H groups in total. The van der Waals surface area contributed by atoms with Gasteiger partial charge in [0.05, 0.1) is 0 Å². The lowest BCUT2D eigenvalue weighted by atomic mass is 10.1. The SMILES string of the molecule is c1cncc(Cc2noc(C3Cc4ccccc4C3)n2)c1. The second kappa shape index (κ2) is 5.13. The third kappa shape index (κ3) is 2.44. The summed E-state index contributed by atoms with van der Waals surface area (Å²) in [6.45, 7) is 0. The molecule has 0 unspecified atom stereocenters. The van der Waals surface area contributed by atoms with Crippen molar-refractivity contribution in [2.45, 2.75) is 25.2 Å². The summed E-state index contributed by atoms with van der Waals surface area (Å²) in [5.41, 5.74) is 3.89. The van der Waals surface area contributed by atoms with Gasteiger partial charge in [-0.2, -0.15) is 4.98 Å². The third-order valence-corrected chi connectivity index (χ3v) is 3.97. The molecule has 0 fully saturated rings. The first-order valence-electron chi connectivity index (χ1n) is 7.16. The van der Waals surface area contributed by atoms with Crippen LogP contribution in [0.4, 0.5) is 0 Å². The quantitative estimate of drug-likeness (QED) is 0.738. The Labute approximate surface area is 122 Å². The Hall–Kier alpha value is -2.49. The highest BCUT2D eigenvalue weighted by Gasteiger charge is 2.27. The smallest absolute Gasteiger partial charge is 0.230 e. The number of fused-ring (bicyclic) bond motifs is 1. The molecule has 0 saturated carbocycles. The molecule has 1 aromatic carbocycles. The minimum Gasteiger partial charge on any atom is -0.339 e. The third-order valence-electron chi connectivity index (χ3n) is 3.97. The van der Waals surface area contributed by atoms with E-state index >= 15 is 0 Å². The molecule has 3 aromatic rings. The molecule has 0 radical (unpaired) electrons. The minimum atomic E-state index is 0.317. The van der Waals surface area contributed by atoms with Gasteiger partial charge in [-0.15, -0.1) is 0 Å². The van der Waals surface area contributed by atoms with Gasteiger partial charge in [0.1, 0.15) is 0 Å². The zero-order valence-electron chi connectivity index (χ0n) is 11.6. The maximum absolute atomic E-state index is 5.47. The molecule has 21 heavy (non-hydrogen) atoms. The maximum atomic E-state index is 5.47. The van der Waals surface area contributed by atoms with E-state index in [4.69, 9.17) is 4.52 Å². The topological polar surface area (TPSA) is 51.8 Å². The van der Waals surface area contributed by atoms with Crippen LogP contribution in [0.3, 0.4) is 0 Å². The molecule has 2 heterocycles. The molecule has 0 amide bonds. The highest BCUT2D eigenvalue weighted by molar-refractivity contribution is 5.34. The molecule has 0 atom stereocenters. The first-order chi connectivity index (χ1) is 10.4. The van der Waals surface area contributed by atoms with Gasteiger partial charge in [-0.25, -0.2) is 0 Å². The lowest BCUT2D eigenvalue weighted by Gasteiger charge is -2.00. The Morgan fingerprint density at radius 1 is 1.05 bits per heavy atom. The minimum absolute atomic E-state index is 0.317. The van der Waals surface area contributed by atoms with Crippen molar-refractivity contribution in [2.75, 3.05) is 0 Å². The number of aromatic nitrogens is 3. The fourth-order valence-corrected chi connectivity index (χ4v) is 2.92. The van der Waals surface area contributed by atoms with Crippen LogP contribution in [0.5, 0.6) is 0 Å². The Morgan fingerprint density at radius 3 is 2.57 bits per heavy atom. The van der Waals surface area contributed by atoms with Gasteiger partial charge in [0.15, 0.2) is 5.82 Å². The summed E-state index contributed by atoms with van der Waals surface area (Å²) in [7, 11) is 0. The van der Waals surface area contributed by atoms with Crippen molar-refractivity contribution in [3.8, 4) is 0 Å². The first-order valence-corrected chi connectivity index (χ1v) is 7.16. The van der Waals surface area contributed by atoms with Crippen LogP contribution >= 0.6 is 0 Å². The predicted octanol–water partition coefficient (Wildman–Crippen LogP) is 2.94. The summed E-state index contributed by atoms with van der Waals surface area (Å²) in [4.78, 5) is 8.67. The van der Waals surface area contributed by atoms with Gasteiger partial charge in [-0.1, -0.05) is 35.5 Å². The van der Waals surface area contributed by atoms with E-state index in [0.717, 1.165) is 30.1 Å². The zero-order valence-corrected chi connectivity index (χ0v) is 11.6. The van der Waals surface area contributed by atoms with E-state index in [1.54, 1.807) is 6.20 Å². The van der Waals surface area contributed by atoms with E-state index in [9.17, 15) is 0 Å². The number of pyridine rings is 1. The molecular formula is C17H15N3O. The van der Waals surface area contributed by atoms with E-state index < -0.39 is 0 Å². The largest absolute Gasteiger partial charge is 0.339 e. The lowest BCUT2D eigenvalue weighted by Crippen LogP contribution is -1.99. The standard InChI is InChI=1S/C17H15N3O/c1-2-6-14-10-15(9-13(14)5-1)17-19-16(20-21-17)8-12-4-3-7-18-11-12/h1-7,11,15H,8-10H2. The van der Waals surface area contributed by atoms with Crippen LogP contribution in [0.2, 0.25) is 0 Å². The van der Waals surface area contributed by atoms with Crippen LogP contribution in [0.15, 0.2) is 53.3 Å². The molecule has 0 saturated heterocycles. The highest BCUT2D eigenvalue weighted by atomic mass is 16.5. The highest BCUT2D eigenvalue weighted by Crippen LogP contribution is 2.32. The molecule has 2 aromatic heterocycles. The number of hydrogen-bond acceptors (Lipinski definition) is 4. The molecule has 4 nitrogen and oxygen atoms in total. The molecule has 1 aliphatic carbocycles. The van der Waals surface area contributed by atoms with Gasteiger partial charge in [-0.3, -0.25) is 4.98 Å². The Morgan fingerprint density at radius 2 is 1.86 bits per heavy atom. The Kier molecular flexibility index (Phi) is 2.99. The van der Waals surface area contributed by atoms with E-state index in [0.29, 0.717) is 12.3 Å². The van der Waals surface area contributed by atoms with Gasteiger partial charge in [0.2, 0.25) is 5.89 Å². The molecular weight excluding hydrogens is 262 g/mol. The average Bonchev–Trinajstić information content (AvgIpc) is 3.14. The van der Waals surface area contributed by atoms with Crippen molar-refractivity contribution in [3.05, 3.63) is 77.2 Å². The van der Waals surface area contributed by atoms with Gasteiger partial charge in [0, 0.05) is 24.7 Å². The first kappa shape index (κ1) is 12.3. The van der Waals surface area contributed by atoms with Crippen molar-refractivity contribution in [1.29, 1.82) is 0 Å². The summed E-state index contributed by atoms with van der Waals surface area (Å²) in [5.74, 6) is 1.80. The molecule has 4 heteroatoms. The molecule has 1 aliphatic rings. The number of nitrogens with zero attached hydrogens (tertiary/aromatic N) is 3. The van der Waals surface area contributed by atoms with Crippen molar-refractivity contribution >= 4 is 0 Å². The van der Waals surface area contributed by atoms with Crippen LogP contribution in [0.25, 0.3) is 0 Å². The van der Waals surface area contributed by atoms with Crippen LogP contribution in [-0.2, 0) is 19.3 Å². The molecule has 4 rings (SSSR count). The summed E-state index contributed by atoms with van der Waals surface area (Å²) < 4.78 is 5.47. The van der Waals surface area contributed by atoms with Gasteiger partial charge < -0.3 is 4.52 Å². The second-order valence-corrected chi connectivity index (χ2v) is 5.46. The summed E-state index contributed by atoms with van der Waals surface area (Å²) in [6, 6.07) is 12.5. The van der Waals surface area contributed by atoms with E-state index in [-0.39, 0.29) is 0 Å². The van der Waals surface area contributed by atoms with E-state index in [1.807, 2.05) is 18.3 Å². The van der Waals surface area contributed by atoms with E-state index in [2.05, 4.69) is 39.4 Å². The summed E-state index contributed by atoms with van der Waals surface area (Å²) in [6.07, 6.45) is 6.24. The predicted molar refractivity (Wildman–Crippen MR) is 77.9 cm³/mol. The van der Waals surface area contributed by atoms with Gasteiger partial charge in [-0.05, 0) is 35.6 Å². The van der Waals surface area contributed by atoms with Crippen molar-refractivity contribution in [2.24, 2.45) is 0 Å². The average molecular weight is 277 g/mol. The fraction of sp³-hybridized carbons (Fsp3) is 0.235. The Balaban J connectivity index is 1.51. The van der Waals surface area contributed by atoms with E-state index in [1.165, 1.54) is 11.1 Å². The van der Waals surface area contributed by atoms with Crippen LogP contribution in [0.1, 0.15) is 34.3 Å². The normalized spacial score (nSPS) is 14.3. The number of hydrogen-bond donors (Lipinski definition) is 0. The molecule has 0 spiro atoms. The summed E-state index contributed by atoms with van der Waals surface area (Å²) in [5, 5.41) is 4.10. The number of rotatable bonds is 3. The van der Waals surface area contributed by atoms with Gasteiger partial charge >= 0.3 is 0 Å². The molecule has 0 aliphatic heterocycles. The number of benzene rings is 1. The van der Waals surface area contributed by atoms with Crippen molar-refractivity contribution < 1.29 is 4.52 Å². The maximum Gasteiger partial charge on any atom is 0.230 e. The Bertz CT molecular complexity index is 726. The molecule has 0 bridgehead atoms. The fourth-order valence-electron chi connectivity index (χ4n) is 2.92. The van der Waals surface area contributed by atoms with Gasteiger partial charge in [0.25, 0.3) is 0 Å². The second-order valence-electron chi connectivity index (χ2n) is 5.46. The monoisotopic (exact) mass is 277 g/mol. The van der Waals surface area contributed by atoms with Crippen molar-refractivity contribution in [3.63, 3.8) is 0 Å². The molecule has 104 valence electrons. The van der Waals surface area contributed by atoms with Crippen molar-refractivity contribution in [1.82, 2.24) is 15.1 Å². The zero-order chi connectivity index (χ0) is 14.1. The van der Waals surface area contributed by atoms with Crippen LogP contribution in [-0.4, -0.2) is 15.1 Å². The van der Waals surface area contributed by atoms with Crippen LogP contribution < -0.4 is 0 Å². The lowest BCUT2D eigenvalue weighted by molar-refractivity contribution is 0.352. The summed E-state index contributed by atoms with van der Waals surface area (Å²) >= 11 is 0.